The molecule has 1 aliphatic heterocycles. The Bertz CT molecular complexity index is 1310. The summed E-state index contributed by atoms with van der Waals surface area (Å²) in [6.45, 7) is 5.13. The number of ketones is 1. The van der Waals surface area contributed by atoms with Crippen LogP contribution in [0.2, 0.25) is 0 Å². The second-order valence-corrected chi connectivity index (χ2v) is 8.89. The van der Waals surface area contributed by atoms with E-state index in [-0.39, 0.29) is 5.78 Å². The first-order chi connectivity index (χ1) is 17.1. The van der Waals surface area contributed by atoms with Crippen molar-refractivity contribution in [2.75, 3.05) is 46.9 Å². The first-order valence-corrected chi connectivity index (χ1v) is 11.9. The van der Waals surface area contributed by atoms with Gasteiger partial charge >= 0.3 is 0 Å². The van der Waals surface area contributed by atoms with Gasteiger partial charge in [0.1, 0.15) is 11.3 Å². The van der Waals surface area contributed by atoms with Gasteiger partial charge < -0.3 is 13.9 Å². The van der Waals surface area contributed by atoms with Gasteiger partial charge in [-0.3, -0.25) is 14.6 Å². The number of Topliss-reactive ketones (excluding diaryl/α,β-unsaturated/α-hetero) is 1. The number of fused-ring (bicyclic) bond motifs is 1. The molecule has 0 N–H and O–H groups in total. The third-order valence-corrected chi connectivity index (χ3v) is 6.59. The molecule has 0 amide bonds. The molecule has 1 aromatic heterocycles. The normalized spacial score (nSPS) is 14.8. The molecule has 1 fully saturated rings. The number of furan rings is 1. The number of carbonyl (C=O) groups excluding carboxylic acids is 1. The van der Waals surface area contributed by atoms with Crippen LogP contribution < -0.4 is 9.47 Å². The van der Waals surface area contributed by atoms with Crippen LogP contribution in [0.5, 0.6) is 11.5 Å². The Morgan fingerprint density at radius 1 is 0.829 bits per heavy atom. The molecular weight excluding hydrogens is 440 g/mol. The average molecular weight is 471 g/mol. The van der Waals surface area contributed by atoms with E-state index in [2.05, 4.69) is 34.1 Å². The van der Waals surface area contributed by atoms with Crippen molar-refractivity contribution < 1.29 is 18.7 Å². The molecule has 0 aliphatic carbocycles. The van der Waals surface area contributed by atoms with E-state index >= 15 is 0 Å². The minimum absolute atomic E-state index is 0.136. The van der Waals surface area contributed by atoms with Crippen molar-refractivity contribution in [3.63, 3.8) is 0 Å². The lowest BCUT2D eigenvalue weighted by molar-refractivity contribution is 0.0844. The highest BCUT2D eigenvalue weighted by atomic mass is 16.5. The third kappa shape index (κ3) is 5.24. The number of hydrogen-bond acceptors (Lipinski definition) is 6. The Kier molecular flexibility index (Phi) is 6.84. The van der Waals surface area contributed by atoms with Crippen LogP contribution in [0.4, 0.5) is 0 Å². The SMILES string of the molecule is COc1ccc(-c2cc3cc(C(=O)CN4CCN(Cc5ccccc5)CC4)ccc3o2)cc1OC. The van der Waals surface area contributed by atoms with Gasteiger partial charge in [0.15, 0.2) is 17.3 Å². The van der Waals surface area contributed by atoms with Crippen molar-refractivity contribution in [1.29, 1.82) is 0 Å². The molecule has 0 radical (unpaired) electrons. The molecule has 3 aromatic carbocycles. The van der Waals surface area contributed by atoms with Crippen LogP contribution in [-0.2, 0) is 6.54 Å². The maximum atomic E-state index is 13.0. The third-order valence-electron chi connectivity index (χ3n) is 6.59. The number of carbonyl (C=O) groups is 1. The zero-order chi connectivity index (χ0) is 24.2. The van der Waals surface area contributed by atoms with E-state index in [9.17, 15) is 4.79 Å². The first kappa shape index (κ1) is 23.1. The fraction of sp³-hybridized carbons (Fsp3) is 0.276. The summed E-state index contributed by atoms with van der Waals surface area (Å²) in [5.74, 6) is 2.17. The monoisotopic (exact) mass is 470 g/mol. The quantitative estimate of drug-likeness (QED) is 0.333. The number of ether oxygens (including phenoxy) is 2. The Morgan fingerprint density at radius 2 is 1.57 bits per heavy atom. The van der Waals surface area contributed by atoms with Crippen molar-refractivity contribution in [2.45, 2.75) is 6.54 Å². The fourth-order valence-corrected chi connectivity index (χ4v) is 4.59. The number of rotatable bonds is 8. The minimum atomic E-state index is 0.136. The summed E-state index contributed by atoms with van der Waals surface area (Å²) in [6.07, 6.45) is 0. The van der Waals surface area contributed by atoms with E-state index in [1.165, 1.54) is 5.56 Å². The summed E-state index contributed by atoms with van der Waals surface area (Å²) in [5.41, 5.74) is 3.68. The van der Waals surface area contributed by atoms with Crippen molar-refractivity contribution in [3.8, 4) is 22.8 Å². The van der Waals surface area contributed by atoms with Crippen LogP contribution in [-0.4, -0.2) is 62.5 Å². The maximum Gasteiger partial charge on any atom is 0.176 e. The van der Waals surface area contributed by atoms with E-state index in [4.69, 9.17) is 13.9 Å². The molecule has 4 aromatic rings. The van der Waals surface area contributed by atoms with Crippen molar-refractivity contribution in [2.24, 2.45) is 0 Å². The molecule has 1 aliphatic rings. The van der Waals surface area contributed by atoms with E-state index in [1.54, 1.807) is 14.2 Å². The van der Waals surface area contributed by atoms with Gasteiger partial charge in [-0.2, -0.15) is 0 Å². The predicted molar refractivity (Wildman–Crippen MR) is 137 cm³/mol. The van der Waals surface area contributed by atoms with Gasteiger partial charge in [0.05, 0.1) is 20.8 Å². The van der Waals surface area contributed by atoms with Gasteiger partial charge in [-0.25, -0.2) is 0 Å². The molecule has 0 atom stereocenters. The minimum Gasteiger partial charge on any atom is -0.493 e. The lowest BCUT2D eigenvalue weighted by atomic mass is 10.1. The second-order valence-electron chi connectivity index (χ2n) is 8.89. The number of piperazine rings is 1. The van der Waals surface area contributed by atoms with Crippen LogP contribution in [0.25, 0.3) is 22.3 Å². The zero-order valence-electron chi connectivity index (χ0n) is 20.2. The molecule has 0 spiro atoms. The standard InChI is InChI=1S/C29H30N2O4/c1-33-27-11-9-23(17-29(27)34-2)28-18-24-16-22(8-10-26(24)35-28)25(32)20-31-14-12-30(13-15-31)19-21-6-4-3-5-7-21/h3-11,16-18H,12-15,19-20H2,1-2H3. The van der Waals surface area contributed by atoms with Crippen LogP contribution >= 0.6 is 0 Å². The van der Waals surface area contributed by atoms with Crippen molar-refractivity contribution in [3.05, 3.63) is 83.9 Å². The Morgan fingerprint density at radius 3 is 2.31 bits per heavy atom. The number of methoxy groups -OCH3 is 2. The molecule has 6 nitrogen and oxygen atoms in total. The molecule has 5 rings (SSSR count). The van der Waals surface area contributed by atoms with E-state index in [1.807, 2.05) is 48.5 Å². The van der Waals surface area contributed by atoms with Gasteiger partial charge in [0.25, 0.3) is 0 Å². The van der Waals surface area contributed by atoms with Gasteiger partial charge in [-0.05, 0) is 48.0 Å². The van der Waals surface area contributed by atoms with Crippen molar-refractivity contribution >= 4 is 16.8 Å². The number of hydrogen-bond donors (Lipinski definition) is 0. The summed E-state index contributed by atoms with van der Waals surface area (Å²) in [6, 6.07) is 23.9. The Balaban J connectivity index is 1.23. The molecule has 0 unspecified atom stereocenters. The van der Waals surface area contributed by atoms with E-state index in [0.29, 0.717) is 23.6 Å². The molecule has 35 heavy (non-hydrogen) atoms. The smallest absolute Gasteiger partial charge is 0.176 e. The van der Waals surface area contributed by atoms with Crippen LogP contribution in [0.15, 0.2) is 77.2 Å². The molecule has 6 heteroatoms. The highest BCUT2D eigenvalue weighted by Gasteiger charge is 2.20. The lowest BCUT2D eigenvalue weighted by Crippen LogP contribution is -2.47. The largest absolute Gasteiger partial charge is 0.493 e. The molecule has 180 valence electrons. The zero-order valence-corrected chi connectivity index (χ0v) is 20.2. The van der Waals surface area contributed by atoms with E-state index < -0.39 is 0 Å². The summed E-state index contributed by atoms with van der Waals surface area (Å²) in [4.78, 5) is 17.7. The molecule has 2 heterocycles. The summed E-state index contributed by atoms with van der Waals surface area (Å²) in [7, 11) is 3.23. The first-order valence-electron chi connectivity index (χ1n) is 11.9. The molecule has 0 bridgehead atoms. The number of nitrogens with zero attached hydrogens (tertiary/aromatic N) is 2. The second kappa shape index (κ2) is 10.3. The summed E-state index contributed by atoms with van der Waals surface area (Å²) >= 11 is 0. The van der Waals surface area contributed by atoms with Crippen molar-refractivity contribution in [1.82, 2.24) is 9.80 Å². The molecular formula is C29H30N2O4. The van der Waals surface area contributed by atoms with E-state index in [0.717, 1.165) is 55.0 Å². The van der Waals surface area contributed by atoms with Crippen LogP contribution in [0.1, 0.15) is 15.9 Å². The topological polar surface area (TPSA) is 55.2 Å². The fourth-order valence-electron chi connectivity index (χ4n) is 4.59. The van der Waals surface area contributed by atoms with Gasteiger partial charge in [-0.15, -0.1) is 0 Å². The summed E-state index contributed by atoms with van der Waals surface area (Å²) < 4.78 is 16.8. The average Bonchev–Trinajstić information content (AvgIpc) is 3.33. The van der Waals surface area contributed by atoms with Crippen LogP contribution in [0.3, 0.4) is 0 Å². The number of benzene rings is 3. The predicted octanol–water partition coefficient (Wildman–Crippen LogP) is 5.12. The van der Waals surface area contributed by atoms with Gasteiger partial charge in [-0.1, -0.05) is 30.3 Å². The van der Waals surface area contributed by atoms with Crippen LogP contribution in [0, 0.1) is 0 Å². The van der Waals surface area contributed by atoms with Gasteiger partial charge in [0, 0.05) is 49.2 Å². The molecule has 1 saturated heterocycles. The highest BCUT2D eigenvalue weighted by molar-refractivity contribution is 6.01. The summed E-state index contributed by atoms with van der Waals surface area (Å²) in [5, 5.41) is 0.910. The Labute approximate surface area is 205 Å². The highest BCUT2D eigenvalue weighted by Crippen LogP contribution is 2.35. The van der Waals surface area contributed by atoms with Gasteiger partial charge in [0.2, 0.25) is 0 Å². The maximum absolute atomic E-state index is 13.0. The Hall–Kier alpha value is -3.61. The lowest BCUT2D eigenvalue weighted by Gasteiger charge is -2.34. The molecule has 0 saturated carbocycles.